The summed E-state index contributed by atoms with van der Waals surface area (Å²) in [5.74, 6) is 2.66. The van der Waals surface area contributed by atoms with Gasteiger partial charge in [0.05, 0.1) is 0 Å². The number of hydrogen-bond acceptors (Lipinski definition) is 1. The van der Waals surface area contributed by atoms with Gasteiger partial charge in [-0.1, -0.05) is 32.9 Å². The summed E-state index contributed by atoms with van der Waals surface area (Å²) in [7, 11) is 0. The second kappa shape index (κ2) is 4.77. The molecule has 14 heavy (non-hydrogen) atoms. The van der Waals surface area contributed by atoms with E-state index >= 15 is 0 Å². The van der Waals surface area contributed by atoms with Crippen molar-refractivity contribution in [1.82, 2.24) is 0 Å². The Morgan fingerprint density at radius 3 is 2.50 bits per heavy atom. The molecule has 1 aliphatic carbocycles. The number of rotatable bonds is 5. The minimum atomic E-state index is 0.393. The maximum Gasteiger partial charge on any atom is -0.00167 e. The maximum absolute atomic E-state index is 7.23. The zero-order valence-corrected chi connectivity index (χ0v) is 9.72. The first kappa shape index (κ1) is 11.5. The van der Waals surface area contributed by atoms with Gasteiger partial charge in [-0.2, -0.15) is 0 Å². The molecule has 0 aromatic carbocycles. The molecule has 0 aromatic heterocycles. The van der Waals surface area contributed by atoms with E-state index in [2.05, 4.69) is 27.4 Å². The molecule has 0 aliphatic heterocycles. The van der Waals surface area contributed by atoms with Crippen LogP contribution in [-0.4, -0.2) is 6.21 Å². The predicted molar refractivity (Wildman–Crippen MR) is 62.8 cm³/mol. The van der Waals surface area contributed by atoms with Crippen molar-refractivity contribution in [1.29, 1.82) is 5.41 Å². The van der Waals surface area contributed by atoms with Crippen LogP contribution < -0.4 is 0 Å². The number of allylic oxidation sites excluding steroid dienone is 1. The summed E-state index contributed by atoms with van der Waals surface area (Å²) in [6.07, 6.45) is 5.34. The summed E-state index contributed by atoms with van der Waals surface area (Å²) >= 11 is 0. The molecule has 1 rings (SSSR count). The van der Waals surface area contributed by atoms with Crippen LogP contribution in [0, 0.1) is 29.1 Å². The first-order valence-electron chi connectivity index (χ1n) is 5.72. The molecule has 1 N–H and O–H groups in total. The van der Waals surface area contributed by atoms with Gasteiger partial charge in [-0.15, -0.1) is 0 Å². The van der Waals surface area contributed by atoms with Gasteiger partial charge in [-0.05, 0) is 49.1 Å². The third kappa shape index (κ3) is 2.70. The fourth-order valence-electron chi connectivity index (χ4n) is 2.17. The fourth-order valence-corrected chi connectivity index (χ4v) is 2.17. The topological polar surface area (TPSA) is 23.9 Å². The highest BCUT2D eigenvalue weighted by atomic mass is 14.4. The molecule has 2 atom stereocenters. The van der Waals surface area contributed by atoms with Gasteiger partial charge in [0.1, 0.15) is 0 Å². The second-order valence-corrected chi connectivity index (χ2v) is 5.14. The highest BCUT2D eigenvalue weighted by Crippen LogP contribution is 2.40. The van der Waals surface area contributed by atoms with Crippen LogP contribution in [0.4, 0.5) is 0 Å². The van der Waals surface area contributed by atoms with E-state index in [1.54, 1.807) is 6.21 Å². The van der Waals surface area contributed by atoms with Gasteiger partial charge in [0.15, 0.2) is 0 Å². The van der Waals surface area contributed by atoms with E-state index in [-0.39, 0.29) is 0 Å². The van der Waals surface area contributed by atoms with E-state index in [9.17, 15) is 0 Å². The van der Waals surface area contributed by atoms with Crippen LogP contribution in [0.5, 0.6) is 0 Å². The standard InChI is InChI=1S/C13H23N/c1-9-5-13(6-9)11(3)7-10(2)12(4)8-14/h8-10,12-14H,3,5-7H2,1-2,4H3/t9-,10?,12?,13+. The Morgan fingerprint density at radius 2 is 2.07 bits per heavy atom. The van der Waals surface area contributed by atoms with E-state index in [1.165, 1.54) is 18.4 Å². The van der Waals surface area contributed by atoms with Crippen LogP contribution in [0.2, 0.25) is 0 Å². The zero-order chi connectivity index (χ0) is 10.7. The lowest BCUT2D eigenvalue weighted by atomic mass is 9.70. The minimum absolute atomic E-state index is 0.393. The second-order valence-electron chi connectivity index (χ2n) is 5.14. The minimum Gasteiger partial charge on any atom is -0.313 e. The van der Waals surface area contributed by atoms with Crippen molar-refractivity contribution in [2.45, 2.75) is 40.0 Å². The molecule has 0 spiro atoms. The van der Waals surface area contributed by atoms with Gasteiger partial charge >= 0.3 is 0 Å². The lowest BCUT2D eigenvalue weighted by molar-refractivity contribution is 0.239. The molecule has 0 aromatic rings. The van der Waals surface area contributed by atoms with Crippen LogP contribution in [-0.2, 0) is 0 Å². The molecule has 2 unspecified atom stereocenters. The van der Waals surface area contributed by atoms with Gasteiger partial charge in [0, 0.05) is 0 Å². The number of hydrogen-bond donors (Lipinski definition) is 1. The van der Waals surface area contributed by atoms with Gasteiger partial charge in [0.25, 0.3) is 0 Å². The summed E-state index contributed by atoms with van der Waals surface area (Å²) in [4.78, 5) is 0. The van der Waals surface area contributed by atoms with Crippen LogP contribution in [0.25, 0.3) is 0 Å². The summed E-state index contributed by atoms with van der Waals surface area (Å²) in [5.41, 5.74) is 1.42. The summed E-state index contributed by atoms with van der Waals surface area (Å²) in [6.45, 7) is 10.9. The molecule has 1 saturated carbocycles. The van der Waals surface area contributed by atoms with E-state index in [0.29, 0.717) is 11.8 Å². The smallest absolute Gasteiger partial charge is 0.00167 e. The maximum atomic E-state index is 7.23. The molecular formula is C13H23N. The highest BCUT2D eigenvalue weighted by Gasteiger charge is 2.28. The predicted octanol–water partition coefficient (Wildman–Crippen LogP) is 3.90. The Morgan fingerprint density at radius 1 is 1.50 bits per heavy atom. The van der Waals surface area contributed by atoms with E-state index in [0.717, 1.165) is 18.3 Å². The number of nitrogens with one attached hydrogen (secondary N) is 1. The molecule has 0 bridgehead atoms. The molecule has 0 saturated heterocycles. The van der Waals surface area contributed by atoms with Crippen LogP contribution in [0.1, 0.15) is 40.0 Å². The summed E-state index contributed by atoms with van der Waals surface area (Å²) in [5, 5.41) is 7.23. The first-order chi connectivity index (χ1) is 6.54. The normalized spacial score (nSPS) is 30.2. The molecular weight excluding hydrogens is 170 g/mol. The van der Waals surface area contributed by atoms with Crippen molar-refractivity contribution < 1.29 is 0 Å². The molecule has 0 amide bonds. The lowest BCUT2D eigenvalue weighted by Gasteiger charge is -2.35. The average Bonchev–Trinajstić information content (AvgIpc) is 2.11. The Kier molecular flexibility index (Phi) is 3.91. The van der Waals surface area contributed by atoms with Gasteiger partial charge in [-0.3, -0.25) is 0 Å². The van der Waals surface area contributed by atoms with Crippen molar-refractivity contribution in [3.05, 3.63) is 12.2 Å². The van der Waals surface area contributed by atoms with Crippen molar-refractivity contribution in [2.75, 3.05) is 0 Å². The lowest BCUT2D eigenvalue weighted by Crippen LogP contribution is -2.24. The van der Waals surface area contributed by atoms with Crippen LogP contribution in [0.3, 0.4) is 0 Å². The first-order valence-corrected chi connectivity index (χ1v) is 5.72. The van der Waals surface area contributed by atoms with E-state index in [4.69, 9.17) is 5.41 Å². The van der Waals surface area contributed by atoms with Gasteiger partial charge < -0.3 is 5.41 Å². The Labute approximate surface area is 88.1 Å². The molecule has 1 aliphatic rings. The fraction of sp³-hybridized carbons (Fsp3) is 0.769. The van der Waals surface area contributed by atoms with Crippen LogP contribution in [0.15, 0.2) is 12.2 Å². The summed E-state index contributed by atoms with van der Waals surface area (Å²) < 4.78 is 0. The molecule has 80 valence electrons. The third-order valence-corrected chi connectivity index (χ3v) is 3.70. The van der Waals surface area contributed by atoms with Gasteiger partial charge in [-0.25, -0.2) is 0 Å². The largest absolute Gasteiger partial charge is 0.313 e. The Balaban J connectivity index is 2.30. The van der Waals surface area contributed by atoms with Crippen molar-refractivity contribution in [2.24, 2.45) is 23.7 Å². The molecule has 1 nitrogen and oxygen atoms in total. The summed E-state index contributed by atoms with van der Waals surface area (Å²) in [6, 6.07) is 0. The van der Waals surface area contributed by atoms with E-state index < -0.39 is 0 Å². The monoisotopic (exact) mass is 193 g/mol. The third-order valence-electron chi connectivity index (χ3n) is 3.70. The Bertz CT molecular complexity index is 213. The quantitative estimate of drug-likeness (QED) is 0.506. The van der Waals surface area contributed by atoms with Crippen molar-refractivity contribution >= 4 is 6.21 Å². The Hall–Kier alpha value is -0.590. The molecule has 0 heterocycles. The van der Waals surface area contributed by atoms with Crippen molar-refractivity contribution in [3.8, 4) is 0 Å². The van der Waals surface area contributed by atoms with E-state index in [1.807, 2.05) is 0 Å². The highest BCUT2D eigenvalue weighted by molar-refractivity contribution is 5.56. The van der Waals surface area contributed by atoms with Crippen LogP contribution >= 0.6 is 0 Å². The molecule has 0 radical (unpaired) electrons. The SMILES string of the molecule is C=C(CC(C)C(C)C=N)[C@H]1C[C@@H](C)C1. The molecule has 1 heteroatoms. The van der Waals surface area contributed by atoms with Crippen molar-refractivity contribution in [3.63, 3.8) is 0 Å². The van der Waals surface area contributed by atoms with Gasteiger partial charge in [0.2, 0.25) is 0 Å². The molecule has 1 fully saturated rings. The zero-order valence-electron chi connectivity index (χ0n) is 9.72. The average molecular weight is 193 g/mol.